The van der Waals surface area contributed by atoms with Gasteiger partial charge in [0.15, 0.2) is 17.3 Å². The highest BCUT2D eigenvalue weighted by atomic mass is 35.5. The number of aryl methyl sites for hydroxylation is 1. The zero-order valence-corrected chi connectivity index (χ0v) is 20.6. The first-order valence-corrected chi connectivity index (χ1v) is 11.9. The molecule has 2 aromatic heterocycles. The molecule has 1 aliphatic rings. The van der Waals surface area contributed by atoms with Crippen molar-refractivity contribution in [3.63, 3.8) is 0 Å². The molecule has 1 atom stereocenters. The number of aromatic nitrogens is 3. The molecule has 1 amide bonds. The van der Waals surface area contributed by atoms with Gasteiger partial charge in [0, 0.05) is 31.2 Å². The first-order valence-electron chi connectivity index (χ1n) is 11.6. The lowest BCUT2D eigenvalue weighted by atomic mass is 10.1. The Morgan fingerprint density at radius 1 is 1.19 bits per heavy atom. The average molecular weight is 510 g/mol. The van der Waals surface area contributed by atoms with Crippen LogP contribution < -0.4 is 14.8 Å². The first-order chi connectivity index (χ1) is 17.4. The Labute approximate surface area is 212 Å². The lowest BCUT2D eigenvalue weighted by molar-refractivity contribution is 0.0524. The summed E-state index contributed by atoms with van der Waals surface area (Å²) in [4.78, 5) is 23.5. The molecule has 0 bridgehead atoms. The molecule has 1 aliphatic heterocycles. The Morgan fingerprint density at radius 2 is 2.06 bits per heavy atom. The molecule has 0 unspecified atom stereocenters. The standard InChI is InChI=1S/C26H25ClFN5O3/c1-32-10-5-9-21(32)26(34)33-11-4-6-16(14-33)36-23-12-17-20(13-22(23)35-2)29-15-30-25(17)31-19-8-3-7-18(27)24(19)28/h3,5,7-10,12-13,15-16H,4,6,11,14H2,1-2H3,(H,29,30,31)/t16-/m1/s1. The highest BCUT2D eigenvalue weighted by Gasteiger charge is 2.27. The van der Waals surface area contributed by atoms with Gasteiger partial charge in [0.05, 0.1) is 29.9 Å². The predicted molar refractivity (Wildman–Crippen MR) is 136 cm³/mol. The normalized spacial score (nSPS) is 15.7. The summed E-state index contributed by atoms with van der Waals surface area (Å²) in [6.45, 7) is 1.13. The quantitative estimate of drug-likeness (QED) is 0.385. The minimum atomic E-state index is -0.568. The van der Waals surface area contributed by atoms with Crippen molar-refractivity contribution in [2.24, 2.45) is 7.05 Å². The number of carbonyl (C=O) groups is 1. The second-order valence-corrected chi connectivity index (χ2v) is 9.01. The molecule has 2 aromatic carbocycles. The lowest BCUT2D eigenvalue weighted by Crippen LogP contribution is -2.44. The van der Waals surface area contributed by atoms with Crippen molar-refractivity contribution >= 4 is 39.9 Å². The maximum absolute atomic E-state index is 14.5. The molecule has 36 heavy (non-hydrogen) atoms. The van der Waals surface area contributed by atoms with Crippen LogP contribution in [0.4, 0.5) is 15.9 Å². The summed E-state index contributed by atoms with van der Waals surface area (Å²) in [6.07, 6.45) is 4.64. The van der Waals surface area contributed by atoms with Gasteiger partial charge < -0.3 is 24.3 Å². The Bertz CT molecular complexity index is 1430. The van der Waals surface area contributed by atoms with E-state index in [0.29, 0.717) is 47.0 Å². The topological polar surface area (TPSA) is 81.5 Å². The third kappa shape index (κ3) is 4.66. The second kappa shape index (κ2) is 10.0. The number of methoxy groups -OCH3 is 1. The van der Waals surface area contributed by atoms with Crippen LogP contribution in [0.2, 0.25) is 5.02 Å². The number of fused-ring (bicyclic) bond motifs is 1. The van der Waals surface area contributed by atoms with Gasteiger partial charge in [0.1, 0.15) is 23.9 Å². The van der Waals surface area contributed by atoms with E-state index < -0.39 is 5.82 Å². The number of hydrogen-bond acceptors (Lipinski definition) is 6. The number of carbonyl (C=O) groups excluding carboxylic acids is 1. The van der Waals surface area contributed by atoms with Gasteiger partial charge in [0.25, 0.3) is 5.91 Å². The molecule has 0 spiro atoms. The van der Waals surface area contributed by atoms with Crippen LogP contribution in [-0.4, -0.2) is 51.6 Å². The lowest BCUT2D eigenvalue weighted by Gasteiger charge is -2.33. The minimum absolute atomic E-state index is 0.01000. The Balaban J connectivity index is 1.42. The fourth-order valence-corrected chi connectivity index (χ4v) is 4.56. The van der Waals surface area contributed by atoms with Crippen LogP contribution in [0.3, 0.4) is 0 Å². The number of halogens is 2. The van der Waals surface area contributed by atoms with Crippen LogP contribution in [-0.2, 0) is 7.05 Å². The maximum atomic E-state index is 14.5. The Kier molecular flexibility index (Phi) is 6.65. The number of rotatable bonds is 6. The van der Waals surface area contributed by atoms with Gasteiger partial charge in [-0.1, -0.05) is 17.7 Å². The number of likely N-dealkylation sites (tertiary alicyclic amines) is 1. The maximum Gasteiger partial charge on any atom is 0.270 e. The van der Waals surface area contributed by atoms with Crippen molar-refractivity contribution in [2.75, 3.05) is 25.5 Å². The van der Waals surface area contributed by atoms with E-state index in [1.54, 1.807) is 31.4 Å². The highest BCUT2D eigenvalue weighted by Crippen LogP contribution is 2.36. The van der Waals surface area contributed by atoms with Crippen LogP contribution in [0.1, 0.15) is 23.3 Å². The van der Waals surface area contributed by atoms with Crippen LogP contribution in [0.5, 0.6) is 11.5 Å². The number of benzene rings is 2. The minimum Gasteiger partial charge on any atom is -0.493 e. The largest absolute Gasteiger partial charge is 0.493 e. The van der Waals surface area contributed by atoms with Gasteiger partial charge in [-0.3, -0.25) is 4.79 Å². The number of anilines is 2. The third-order valence-electron chi connectivity index (χ3n) is 6.25. The van der Waals surface area contributed by atoms with Crippen molar-refractivity contribution in [3.8, 4) is 11.5 Å². The van der Waals surface area contributed by atoms with Gasteiger partial charge in [-0.05, 0) is 43.2 Å². The molecule has 186 valence electrons. The summed E-state index contributed by atoms with van der Waals surface area (Å²) in [5, 5.41) is 3.64. The average Bonchev–Trinajstić information content (AvgIpc) is 3.32. The van der Waals surface area contributed by atoms with Crippen LogP contribution in [0.25, 0.3) is 10.9 Å². The Hall–Kier alpha value is -3.85. The molecule has 1 fully saturated rings. The van der Waals surface area contributed by atoms with Gasteiger partial charge in [-0.25, -0.2) is 14.4 Å². The second-order valence-electron chi connectivity index (χ2n) is 8.61. The van der Waals surface area contributed by atoms with Crippen LogP contribution in [0.15, 0.2) is 55.0 Å². The molecule has 1 N–H and O–H groups in total. The van der Waals surface area contributed by atoms with E-state index in [1.807, 2.05) is 34.8 Å². The molecule has 0 saturated carbocycles. The third-order valence-corrected chi connectivity index (χ3v) is 6.54. The number of nitrogens with zero attached hydrogens (tertiary/aromatic N) is 4. The van der Waals surface area contributed by atoms with E-state index in [0.717, 1.165) is 12.8 Å². The molecule has 4 aromatic rings. The van der Waals surface area contributed by atoms with Crippen molar-refractivity contribution < 1.29 is 18.7 Å². The van der Waals surface area contributed by atoms with Crippen LogP contribution >= 0.6 is 11.6 Å². The summed E-state index contributed by atoms with van der Waals surface area (Å²) >= 11 is 5.93. The van der Waals surface area contributed by atoms with E-state index >= 15 is 0 Å². The van der Waals surface area contributed by atoms with Gasteiger partial charge in [-0.15, -0.1) is 0 Å². The molecule has 8 nitrogen and oxygen atoms in total. The van der Waals surface area contributed by atoms with Gasteiger partial charge >= 0.3 is 0 Å². The number of piperidine rings is 1. The van der Waals surface area contributed by atoms with Crippen molar-refractivity contribution in [1.29, 1.82) is 0 Å². The predicted octanol–water partition coefficient (Wildman–Crippen LogP) is 5.20. The smallest absolute Gasteiger partial charge is 0.270 e. The molecule has 3 heterocycles. The molecular weight excluding hydrogens is 485 g/mol. The molecule has 10 heteroatoms. The zero-order chi connectivity index (χ0) is 25.2. The summed E-state index contributed by atoms with van der Waals surface area (Å²) in [7, 11) is 3.41. The van der Waals surface area contributed by atoms with Crippen molar-refractivity contribution in [1.82, 2.24) is 19.4 Å². The van der Waals surface area contributed by atoms with E-state index in [4.69, 9.17) is 21.1 Å². The molecule has 0 aliphatic carbocycles. The summed E-state index contributed by atoms with van der Waals surface area (Å²) in [5.41, 5.74) is 1.44. The molecular formula is C26H25ClFN5O3. The molecule has 0 radical (unpaired) electrons. The van der Waals surface area contributed by atoms with Crippen LogP contribution in [0, 0.1) is 5.82 Å². The Morgan fingerprint density at radius 3 is 2.83 bits per heavy atom. The summed E-state index contributed by atoms with van der Waals surface area (Å²) < 4.78 is 28.2. The van der Waals surface area contributed by atoms with Gasteiger partial charge in [0.2, 0.25) is 0 Å². The number of amides is 1. The van der Waals surface area contributed by atoms with E-state index in [2.05, 4.69) is 15.3 Å². The SMILES string of the molecule is COc1cc2ncnc(Nc3cccc(Cl)c3F)c2cc1O[C@@H]1CCCN(C(=O)c2cccn2C)C1. The number of hydrogen-bond donors (Lipinski definition) is 1. The van der Waals surface area contributed by atoms with E-state index in [-0.39, 0.29) is 22.7 Å². The number of ether oxygens (including phenoxy) is 2. The first kappa shape index (κ1) is 23.9. The number of nitrogens with one attached hydrogen (secondary N) is 1. The summed E-state index contributed by atoms with van der Waals surface area (Å²) in [6, 6.07) is 11.9. The zero-order valence-electron chi connectivity index (χ0n) is 19.9. The fraction of sp³-hybridized carbons (Fsp3) is 0.269. The fourth-order valence-electron chi connectivity index (χ4n) is 4.39. The molecule has 1 saturated heterocycles. The highest BCUT2D eigenvalue weighted by molar-refractivity contribution is 6.31. The molecule has 5 rings (SSSR count). The van der Waals surface area contributed by atoms with E-state index in [1.165, 1.54) is 12.4 Å². The van der Waals surface area contributed by atoms with E-state index in [9.17, 15) is 9.18 Å². The summed E-state index contributed by atoms with van der Waals surface area (Å²) in [5.74, 6) is 0.809. The van der Waals surface area contributed by atoms with Crippen molar-refractivity contribution in [3.05, 3.63) is 71.5 Å². The monoisotopic (exact) mass is 509 g/mol. The van der Waals surface area contributed by atoms with Crippen molar-refractivity contribution in [2.45, 2.75) is 18.9 Å². The van der Waals surface area contributed by atoms with Gasteiger partial charge in [-0.2, -0.15) is 0 Å².